The van der Waals surface area contributed by atoms with Gasteiger partial charge in [0.05, 0.1) is 12.8 Å². The highest BCUT2D eigenvalue weighted by molar-refractivity contribution is 7.15. The number of carbonyl (C=O) groups excluding carboxylic acids is 2. The maximum Gasteiger partial charge on any atom is 0.262 e. The summed E-state index contributed by atoms with van der Waals surface area (Å²) in [5.74, 6) is 0.608. The molecule has 7 nitrogen and oxygen atoms in total. The van der Waals surface area contributed by atoms with Crippen LogP contribution in [-0.4, -0.2) is 30.5 Å². The topological polar surface area (TPSA) is 89.5 Å². The molecule has 0 atom stereocenters. The minimum absolute atomic E-state index is 0.152. The van der Waals surface area contributed by atoms with Crippen LogP contribution in [0.5, 0.6) is 11.5 Å². The molecule has 0 aliphatic carbocycles. The predicted octanol–water partition coefficient (Wildman–Crippen LogP) is 4.29. The maximum atomic E-state index is 12.4. The van der Waals surface area contributed by atoms with Gasteiger partial charge in [-0.1, -0.05) is 13.0 Å². The molecule has 0 radical (unpaired) electrons. The lowest BCUT2D eigenvalue weighted by atomic mass is 10.2. The van der Waals surface area contributed by atoms with Crippen molar-refractivity contribution in [1.29, 1.82) is 0 Å². The molecule has 0 saturated heterocycles. The molecule has 1 heterocycles. The Hall–Kier alpha value is -3.39. The Morgan fingerprint density at radius 3 is 2.50 bits per heavy atom. The number of nitrogens with zero attached hydrogens (tertiary/aromatic N) is 1. The Morgan fingerprint density at radius 2 is 1.83 bits per heavy atom. The van der Waals surface area contributed by atoms with Crippen molar-refractivity contribution in [1.82, 2.24) is 4.98 Å². The Morgan fingerprint density at radius 1 is 1.07 bits per heavy atom. The maximum absolute atomic E-state index is 12.4. The monoisotopic (exact) mass is 425 g/mol. The number of carbonyl (C=O) groups is 2. The number of nitrogens with one attached hydrogen (secondary N) is 2. The van der Waals surface area contributed by atoms with E-state index < -0.39 is 0 Å². The molecule has 0 spiro atoms. The predicted molar refractivity (Wildman–Crippen MR) is 118 cm³/mol. The number of aryl methyl sites for hydroxylation is 2. The van der Waals surface area contributed by atoms with E-state index in [0.717, 1.165) is 17.0 Å². The molecule has 0 aliphatic heterocycles. The number of amides is 2. The smallest absolute Gasteiger partial charge is 0.262 e. The van der Waals surface area contributed by atoms with Crippen molar-refractivity contribution in [2.24, 2.45) is 0 Å². The first kappa shape index (κ1) is 21.3. The van der Waals surface area contributed by atoms with E-state index in [-0.39, 0.29) is 18.4 Å². The minimum Gasteiger partial charge on any atom is -0.497 e. The number of anilines is 2. The van der Waals surface area contributed by atoms with Crippen molar-refractivity contribution >= 4 is 34.0 Å². The normalized spacial score (nSPS) is 10.4. The summed E-state index contributed by atoms with van der Waals surface area (Å²) in [7, 11) is 1.56. The quantitative estimate of drug-likeness (QED) is 0.562. The van der Waals surface area contributed by atoms with Crippen LogP contribution < -0.4 is 20.1 Å². The van der Waals surface area contributed by atoms with E-state index in [0.29, 0.717) is 27.9 Å². The molecule has 156 valence electrons. The van der Waals surface area contributed by atoms with Crippen molar-refractivity contribution in [3.05, 3.63) is 64.7 Å². The van der Waals surface area contributed by atoms with Gasteiger partial charge >= 0.3 is 0 Å². The zero-order valence-electron chi connectivity index (χ0n) is 17.0. The SMILES string of the molecule is CCc1nc(NC(=O)c2ccc(OCC(=O)Nc3cccc(OC)c3)cc2)sc1C. The second-order valence-electron chi connectivity index (χ2n) is 6.42. The summed E-state index contributed by atoms with van der Waals surface area (Å²) in [6.07, 6.45) is 0.829. The van der Waals surface area contributed by atoms with Crippen molar-refractivity contribution in [2.75, 3.05) is 24.4 Å². The largest absolute Gasteiger partial charge is 0.497 e. The fourth-order valence-corrected chi connectivity index (χ4v) is 3.63. The summed E-state index contributed by atoms with van der Waals surface area (Å²) in [6, 6.07) is 13.7. The zero-order chi connectivity index (χ0) is 21.5. The lowest BCUT2D eigenvalue weighted by molar-refractivity contribution is -0.118. The number of benzene rings is 2. The number of hydrogen-bond acceptors (Lipinski definition) is 6. The van der Waals surface area contributed by atoms with Crippen LogP contribution in [0.2, 0.25) is 0 Å². The van der Waals surface area contributed by atoms with Gasteiger partial charge in [0.1, 0.15) is 11.5 Å². The molecule has 3 rings (SSSR count). The van der Waals surface area contributed by atoms with Crippen LogP contribution in [0.4, 0.5) is 10.8 Å². The molecule has 0 bridgehead atoms. The highest BCUT2D eigenvalue weighted by Crippen LogP contribution is 2.23. The molecule has 0 unspecified atom stereocenters. The second-order valence-corrected chi connectivity index (χ2v) is 7.63. The standard InChI is InChI=1S/C22H23N3O4S/c1-4-19-14(2)30-22(24-19)25-21(27)15-8-10-17(11-9-15)29-13-20(26)23-16-6-5-7-18(12-16)28-3/h5-12H,4,13H2,1-3H3,(H,23,26)(H,24,25,27). The summed E-state index contributed by atoms with van der Waals surface area (Å²) in [4.78, 5) is 30.0. The van der Waals surface area contributed by atoms with Crippen LogP contribution in [0.25, 0.3) is 0 Å². The van der Waals surface area contributed by atoms with E-state index in [1.807, 2.05) is 13.8 Å². The van der Waals surface area contributed by atoms with Gasteiger partial charge in [-0.25, -0.2) is 4.98 Å². The first-order valence-electron chi connectivity index (χ1n) is 9.43. The molecule has 2 N–H and O–H groups in total. The van der Waals surface area contributed by atoms with E-state index in [1.54, 1.807) is 55.6 Å². The average molecular weight is 426 g/mol. The number of hydrogen-bond donors (Lipinski definition) is 2. The molecule has 3 aromatic rings. The lowest BCUT2D eigenvalue weighted by Crippen LogP contribution is -2.20. The summed E-state index contributed by atoms with van der Waals surface area (Å²) in [5.41, 5.74) is 2.10. The van der Waals surface area contributed by atoms with E-state index in [9.17, 15) is 9.59 Å². The van der Waals surface area contributed by atoms with Crippen molar-refractivity contribution in [3.63, 3.8) is 0 Å². The van der Waals surface area contributed by atoms with Crippen LogP contribution in [0, 0.1) is 6.92 Å². The highest BCUT2D eigenvalue weighted by Gasteiger charge is 2.11. The van der Waals surface area contributed by atoms with Crippen molar-refractivity contribution in [3.8, 4) is 11.5 Å². The number of rotatable bonds is 8. The van der Waals surface area contributed by atoms with Gasteiger partial charge in [0, 0.05) is 22.2 Å². The Labute approximate surface area is 179 Å². The fraction of sp³-hybridized carbons (Fsp3) is 0.227. The lowest BCUT2D eigenvalue weighted by Gasteiger charge is -2.09. The van der Waals surface area contributed by atoms with Crippen LogP contribution in [0.1, 0.15) is 27.9 Å². The van der Waals surface area contributed by atoms with E-state index in [1.165, 1.54) is 11.3 Å². The van der Waals surface area contributed by atoms with Crippen LogP contribution in [0.15, 0.2) is 48.5 Å². The summed E-state index contributed by atoms with van der Waals surface area (Å²) < 4.78 is 10.6. The molecule has 1 aromatic heterocycles. The van der Waals surface area contributed by atoms with E-state index in [2.05, 4.69) is 15.6 Å². The third kappa shape index (κ3) is 5.57. The van der Waals surface area contributed by atoms with E-state index >= 15 is 0 Å². The summed E-state index contributed by atoms with van der Waals surface area (Å²) in [6.45, 7) is 3.87. The third-order valence-corrected chi connectivity index (χ3v) is 5.22. The van der Waals surface area contributed by atoms with Gasteiger partial charge in [-0.05, 0) is 49.7 Å². The first-order chi connectivity index (χ1) is 14.5. The highest BCUT2D eigenvalue weighted by atomic mass is 32.1. The number of aromatic nitrogens is 1. The summed E-state index contributed by atoms with van der Waals surface area (Å²) in [5, 5.41) is 6.14. The molecule has 0 saturated carbocycles. The molecule has 2 aromatic carbocycles. The Bertz CT molecular complexity index is 1030. The van der Waals surface area contributed by atoms with Gasteiger partial charge in [0.15, 0.2) is 11.7 Å². The number of ether oxygens (including phenoxy) is 2. The summed E-state index contributed by atoms with van der Waals surface area (Å²) >= 11 is 1.46. The minimum atomic E-state index is -0.295. The van der Waals surface area contributed by atoms with Gasteiger partial charge in [-0.15, -0.1) is 11.3 Å². The van der Waals surface area contributed by atoms with Crippen LogP contribution >= 0.6 is 11.3 Å². The second kappa shape index (κ2) is 9.89. The first-order valence-corrected chi connectivity index (χ1v) is 10.2. The Kier molecular flexibility index (Phi) is 7.03. The molecule has 30 heavy (non-hydrogen) atoms. The molecule has 0 aliphatic rings. The van der Waals surface area contributed by atoms with Gasteiger partial charge in [0.25, 0.3) is 11.8 Å². The Balaban J connectivity index is 1.52. The average Bonchev–Trinajstić information content (AvgIpc) is 3.11. The third-order valence-electron chi connectivity index (χ3n) is 4.29. The molecule has 8 heteroatoms. The van der Waals surface area contributed by atoms with Crippen LogP contribution in [0.3, 0.4) is 0 Å². The van der Waals surface area contributed by atoms with Gasteiger partial charge in [0.2, 0.25) is 0 Å². The van der Waals surface area contributed by atoms with Crippen LogP contribution in [-0.2, 0) is 11.2 Å². The van der Waals surface area contributed by atoms with Crippen molar-refractivity contribution in [2.45, 2.75) is 20.3 Å². The zero-order valence-corrected chi connectivity index (χ0v) is 17.8. The van der Waals surface area contributed by atoms with Gasteiger partial charge in [-0.3, -0.25) is 14.9 Å². The molecule has 2 amide bonds. The molecule has 0 fully saturated rings. The van der Waals surface area contributed by atoms with Gasteiger partial charge < -0.3 is 14.8 Å². The van der Waals surface area contributed by atoms with Crippen molar-refractivity contribution < 1.29 is 19.1 Å². The number of methoxy groups -OCH3 is 1. The molecular formula is C22H23N3O4S. The molecular weight excluding hydrogens is 402 g/mol. The van der Waals surface area contributed by atoms with E-state index in [4.69, 9.17) is 9.47 Å². The number of thiazole rings is 1. The fourth-order valence-electron chi connectivity index (χ4n) is 2.73. The van der Waals surface area contributed by atoms with Gasteiger partial charge in [-0.2, -0.15) is 0 Å².